The van der Waals surface area contributed by atoms with Crippen LogP contribution in [0, 0.1) is 11.6 Å². The normalized spacial score (nSPS) is 16.1. The van der Waals surface area contributed by atoms with Gasteiger partial charge in [0, 0.05) is 56.9 Å². The minimum absolute atomic E-state index is 0.138. The third-order valence-corrected chi connectivity index (χ3v) is 4.72. The summed E-state index contributed by atoms with van der Waals surface area (Å²) in [6, 6.07) is 3.35. The summed E-state index contributed by atoms with van der Waals surface area (Å²) in [6.07, 6.45) is -0.747. The Bertz CT molecular complexity index is 992. The Kier molecular flexibility index (Phi) is 4.66. The van der Waals surface area contributed by atoms with E-state index in [4.69, 9.17) is 0 Å². The van der Waals surface area contributed by atoms with Gasteiger partial charge in [0.15, 0.2) is 17.2 Å². The molecule has 10 heteroatoms. The number of hydrogen-bond acceptors (Lipinski definition) is 4. The topological polar surface area (TPSA) is 36.7 Å². The number of nitrogens with zero attached hydrogens (tertiary/aromatic N) is 5. The Morgan fingerprint density at radius 1 is 1.04 bits per heavy atom. The van der Waals surface area contributed by atoms with E-state index < -0.39 is 23.5 Å². The number of halogens is 5. The molecule has 1 aliphatic heterocycles. The van der Waals surface area contributed by atoms with Crippen molar-refractivity contribution in [1.29, 1.82) is 0 Å². The Hall–Kier alpha value is -2.75. The highest BCUT2D eigenvalue weighted by Crippen LogP contribution is 2.30. The minimum Gasteiger partial charge on any atom is -0.351 e. The second kappa shape index (κ2) is 7.01. The number of benzene rings is 1. The van der Waals surface area contributed by atoms with Crippen molar-refractivity contribution in [3.8, 4) is 0 Å². The van der Waals surface area contributed by atoms with Gasteiger partial charge < -0.3 is 9.30 Å². The summed E-state index contributed by atoms with van der Waals surface area (Å²) < 4.78 is 67.3. The van der Waals surface area contributed by atoms with Gasteiger partial charge in [-0.1, -0.05) is 0 Å². The van der Waals surface area contributed by atoms with Gasteiger partial charge in [-0.15, -0.1) is 0 Å². The molecule has 1 saturated heterocycles. The van der Waals surface area contributed by atoms with E-state index in [1.165, 1.54) is 22.9 Å². The molecule has 28 heavy (non-hydrogen) atoms. The van der Waals surface area contributed by atoms with E-state index in [1.807, 2.05) is 9.80 Å². The van der Waals surface area contributed by atoms with Gasteiger partial charge >= 0.3 is 6.18 Å². The highest BCUT2D eigenvalue weighted by molar-refractivity contribution is 5.64. The van der Waals surface area contributed by atoms with Crippen molar-refractivity contribution < 1.29 is 22.0 Å². The van der Waals surface area contributed by atoms with Crippen LogP contribution >= 0.6 is 0 Å². The van der Waals surface area contributed by atoms with E-state index in [1.54, 1.807) is 0 Å². The van der Waals surface area contributed by atoms with Crippen molar-refractivity contribution in [3.05, 3.63) is 59.7 Å². The first-order chi connectivity index (χ1) is 13.3. The lowest BCUT2D eigenvalue weighted by Gasteiger charge is -2.35. The van der Waals surface area contributed by atoms with Gasteiger partial charge in [0.1, 0.15) is 11.6 Å². The van der Waals surface area contributed by atoms with E-state index >= 15 is 0 Å². The van der Waals surface area contributed by atoms with Crippen molar-refractivity contribution in [3.63, 3.8) is 0 Å². The van der Waals surface area contributed by atoms with Crippen molar-refractivity contribution >= 4 is 11.5 Å². The van der Waals surface area contributed by atoms with Crippen LogP contribution in [0.25, 0.3) is 5.65 Å². The second-order valence-corrected chi connectivity index (χ2v) is 6.60. The molecule has 1 fully saturated rings. The quantitative estimate of drug-likeness (QED) is 0.636. The van der Waals surface area contributed by atoms with Crippen LogP contribution < -0.4 is 4.90 Å². The summed E-state index contributed by atoms with van der Waals surface area (Å²) in [5.74, 6) is -0.590. The summed E-state index contributed by atoms with van der Waals surface area (Å²) in [5, 5.41) is 0. The van der Waals surface area contributed by atoms with E-state index in [0.29, 0.717) is 32.0 Å². The van der Waals surface area contributed by atoms with Gasteiger partial charge in [0.05, 0.1) is 0 Å². The van der Waals surface area contributed by atoms with Crippen molar-refractivity contribution in [2.75, 3.05) is 31.1 Å². The maximum atomic E-state index is 13.8. The van der Waals surface area contributed by atoms with Crippen LogP contribution in [0.4, 0.5) is 27.8 Å². The Balaban J connectivity index is 1.49. The minimum atomic E-state index is -4.53. The van der Waals surface area contributed by atoms with Gasteiger partial charge in [-0.3, -0.25) is 4.90 Å². The molecule has 0 atom stereocenters. The highest BCUT2D eigenvalue weighted by Gasteiger charge is 2.34. The summed E-state index contributed by atoms with van der Waals surface area (Å²) in [6.45, 7) is 2.29. The molecule has 5 nitrogen and oxygen atoms in total. The molecule has 1 aliphatic rings. The monoisotopic (exact) mass is 397 g/mol. The smallest absolute Gasteiger partial charge is 0.351 e. The summed E-state index contributed by atoms with van der Waals surface area (Å²) in [7, 11) is 0. The number of hydrogen-bond donors (Lipinski definition) is 0. The predicted octanol–water partition coefficient (Wildman–Crippen LogP) is 3.35. The molecule has 2 aromatic heterocycles. The zero-order chi connectivity index (χ0) is 19.9. The van der Waals surface area contributed by atoms with E-state index in [0.717, 1.165) is 18.3 Å². The van der Waals surface area contributed by atoms with Crippen LogP contribution in [0.5, 0.6) is 0 Å². The molecular formula is C18H16F5N5. The molecule has 0 N–H and O–H groups in total. The van der Waals surface area contributed by atoms with Gasteiger partial charge in [0.25, 0.3) is 0 Å². The number of anilines is 1. The molecule has 1 aromatic carbocycles. The third kappa shape index (κ3) is 3.64. The number of alkyl halides is 3. The first-order valence-corrected chi connectivity index (χ1v) is 8.63. The molecule has 0 radical (unpaired) electrons. The van der Waals surface area contributed by atoms with Gasteiger partial charge in [0.2, 0.25) is 0 Å². The Labute approximate surface area is 157 Å². The van der Waals surface area contributed by atoms with Gasteiger partial charge in [-0.25, -0.2) is 18.7 Å². The molecule has 3 heterocycles. The fourth-order valence-corrected chi connectivity index (χ4v) is 3.29. The van der Waals surface area contributed by atoms with E-state index in [2.05, 4.69) is 9.97 Å². The zero-order valence-corrected chi connectivity index (χ0v) is 14.6. The van der Waals surface area contributed by atoms with Crippen LogP contribution in [-0.2, 0) is 12.7 Å². The first kappa shape index (κ1) is 18.6. The van der Waals surface area contributed by atoms with Crippen molar-refractivity contribution in [1.82, 2.24) is 19.3 Å². The van der Waals surface area contributed by atoms with Crippen LogP contribution in [0.15, 0.2) is 36.8 Å². The van der Waals surface area contributed by atoms with E-state index in [9.17, 15) is 22.0 Å². The van der Waals surface area contributed by atoms with Crippen LogP contribution in [-0.4, -0.2) is 45.4 Å². The molecule has 148 valence electrons. The number of aromatic nitrogens is 3. The lowest BCUT2D eigenvalue weighted by Crippen LogP contribution is -2.46. The molecule has 0 unspecified atom stereocenters. The average molecular weight is 397 g/mol. The van der Waals surface area contributed by atoms with Crippen LogP contribution in [0.2, 0.25) is 0 Å². The fraction of sp³-hybridized carbons (Fsp3) is 0.333. The SMILES string of the molecule is Fc1ccc(F)c(CN2CCN(c3nccn4cc(C(F)(F)F)nc34)CC2)c1. The lowest BCUT2D eigenvalue weighted by molar-refractivity contribution is -0.140. The Morgan fingerprint density at radius 3 is 2.50 bits per heavy atom. The molecule has 4 rings (SSSR count). The lowest BCUT2D eigenvalue weighted by atomic mass is 10.1. The van der Waals surface area contributed by atoms with Crippen molar-refractivity contribution in [2.45, 2.75) is 12.7 Å². The maximum Gasteiger partial charge on any atom is 0.434 e. The van der Waals surface area contributed by atoms with Gasteiger partial charge in [-0.2, -0.15) is 13.2 Å². The van der Waals surface area contributed by atoms with Crippen molar-refractivity contribution in [2.24, 2.45) is 0 Å². The number of rotatable bonds is 3. The largest absolute Gasteiger partial charge is 0.434 e. The number of fused-ring (bicyclic) bond motifs is 1. The molecule has 0 amide bonds. The molecule has 0 spiro atoms. The molecule has 0 bridgehead atoms. The zero-order valence-electron chi connectivity index (χ0n) is 14.6. The predicted molar refractivity (Wildman–Crippen MR) is 91.8 cm³/mol. The number of piperazine rings is 1. The maximum absolute atomic E-state index is 13.8. The highest BCUT2D eigenvalue weighted by atomic mass is 19.4. The van der Waals surface area contributed by atoms with Crippen LogP contribution in [0.3, 0.4) is 0 Å². The second-order valence-electron chi connectivity index (χ2n) is 6.60. The van der Waals surface area contributed by atoms with Crippen LogP contribution in [0.1, 0.15) is 11.3 Å². The average Bonchev–Trinajstić information content (AvgIpc) is 3.10. The standard InChI is InChI=1S/C18H16F5N5/c19-13-1-2-14(20)12(9-13)10-26-5-7-27(8-6-26)16-17-25-15(18(21,22)23)11-28(17)4-3-24-16/h1-4,9,11H,5-8,10H2. The summed E-state index contributed by atoms with van der Waals surface area (Å²) in [5.41, 5.74) is -0.557. The fourth-order valence-electron chi connectivity index (χ4n) is 3.29. The molecule has 3 aromatic rings. The molecule has 0 saturated carbocycles. The first-order valence-electron chi connectivity index (χ1n) is 8.63. The Morgan fingerprint density at radius 2 is 1.79 bits per heavy atom. The number of imidazole rings is 1. The molecule has 0 aliphatic carbocycles. The summed E-state index contributed by atoms with van der Waals surface area (Å²) >= 11 is 0. The molecular weight excluding hydrogens is 381 g/mol. The summed E-state index contributed by atoms with van der Waals surface area (Å²) in [4.78, 5) is 11.7. The van der Waals surface area contributed by atoms with Gasteiger partial charge in [-0.05, 0) is 18.2 Å². The van der Waals surface area contributed by atoms with E-state index in [-0.39, 0.29) is 17.8 Å². The third-order valence-electron chi connectivity index (χ3n) is 4.72.